The number of aryl methyl sites for hydroxylation is 1. The second-order valence-corrected chi connectivity index (χ2v) is 5.81. The maximum absolute atomic E-state index is 11.6. The summed E-state index contributed by atoms with van der Waals surface area (Å²) in [6.07, 6.45) is 0.434. The van der Waals surface area contributed by atoms with Gasteiger partial charge >= 0.3 is 0 Å². The Morgan fingerprint density at radius 1 is 1.32 bits per heavy atom. The van der Waals surface area contributed by atoms with Crippen LogP contribution in [0.5, 0.6) is 5.75 Å². The molecule has 0 unspecified atom stereocenters. The predicted molar refractivity (Wildman–Crippen MR) is 77.1 cm³/mol. The van der Waals surface area contributed by atoms with Crippen molar-refractivity contribution in [3.05, 3.63) is 29.3 Å². The third kappa shape index (κ3) is 5.75. The summed E-state index contributed by atoms with van der Waals surface area (Å²) >= 11 is 0. The lowest BCUT2D eigenvalue weighted by atomic mass is 10.1. The first-order valence-corrected chi connectivity index (χ1v) is 6.59. The summed E-state index contributed by atoms with van der Waals surface area (Å²) in [4.78, 5) is 11.6. The number of carbonyl (C=O) groups is 1. The highest BCUT2D eigenvalue weighted by molar-refractivity contribution is 5.76. The van der Waals surface area contributed by atoms with Gasteiger partial charge < -0.3 is 15.7 Å². The van der Waals surface area contributed by atoms with Crippen LogP contribution in [0.15, 0.2) is 18.2 Å². The Kier molecular flexibility index (Phi) is 5.36. The van der Waals surface area contributed by atoms with Gasteiger partial charge in [0.1, 0.15) is 5.75 Å². The maximum atomic E-state index is 11.6. The highest BCUT2D eigenvalue weighted by atomic mass is 16.3. The molecule has 4 heteroatoms. The van der Waals surface area contributed by atoms with Gasteiger partial charge in [-0.15, -0.1) is 0 Å². The van der Waals surface area contributed by atoms with Gasteiger partial charge in [0.15, 0.2) is 0 Å². The van der Waals surface area contributed by atoms with E-state index in [4.69, 9.17) is 0 Å². The van der Waals surface area contributed by atoms with Crippen molar-refractivity contribution < 1.29 is 9.90 Å². The number of aromatic hydroxyl groups is 1. The minimum absolute atomic E-state index is 0.0356. The van der Waals surface area contributed by atoms with E-state index < -0.39 is 0 Å². The fraction of sp³-hybridized carbons (Fsp3) is 0.533. The summed E-state index contributed by atoms with van der Waals surface area (Å²) in [5.74, 6) is 0.364. The van der Waals surface area contributed by atoms with E-state index in [1.54, 1.807) is 0 Å². The van der Waals surface area contributed by atoms with E-state index in [0.717, 1.165) is 11.1 Å². The molecule has 0 aliphatic rings. The normalized spacial score (nSPS) is 11.4. The van der Waals surface area contributed by atoms with Crippen LogP contribution in [0.25, 0.3) is 0 Å². The van der Waals surface area contributed by atoms with Gasteiger partial charge in [-0.25, -0.2) is 0 Å². The molecule has 0 heterocycles. The second kappa shape index (κ2) is 6.57. The minimum Gasteiger partial charge on any atom is -0.507 e. The minimum atomic E-state index is -0.189. The number of nitrogens with one attached hydrogen (secondary N) is 2. The lowest BCUT2D eigenvalue weighted by molar-refractivity contribution is -0.122. The molecule has 1 rings (SSSR count). The number of phenols is 1. The molecule has 0 aliphatic carbocycles. The zero-order valence-corrected chi connectivity index (χ0v) is 12.2. The summed E-state index contributed by atoms with van der Waals surface area (Å²) in [6.45, 7) is 8.91. The van der Waals surface area contributed by atoms with E-state index in [-0.39, 0.29) is 11.4 Å². The summed E-state index contributed by atoms with van der Waals surface area (Å²) in [5.41, 5.74) is 1.53. The number of rotatable bonds is 5. The molecule has 1 amide bonds. The second-order valence-electron chi connectivity index (χ2n) is 5.81. The van der Waals surface area contributed by atoms with Gasteiger partial charge in [0, 0.05) is 30.6 Å². The molecule has 1 aromatic rings. The molecule has 0 saturated heterocycles. The molecule has 1 aromatic carbocycles. The van der Waals surface area contributed by atoms with Gasteiger partial charge in [0.25, 0.3) is 0 Å². The number of hydrogen-bond acceptors (Lipinski definition) is 3. The monoisotopic (exact) mass is 264 g/mol. The van der Waals surface area contributed by atoms with E-state index in [0.29, 0.717) is 25.3 Å². The van der Waals surface area contributed by atoms with E-state index in [2.05, 4.69) is 10.6 Å². The van der Waals surface area contributed by atoms with Crippen LogP contribution in [0.3, 0.4) is 0 Å². The zero-order chi connectivity index (χ0) is 14.5. The summed E-state index contributed by atoms with van der Waals surface area (Å²) in [6, 6.07) is 5.67. The van der Waals surface area contributed by atoms with Crippen LogP contribution in [-0.2, 0) is 11.3 Å². The first-order valence-electron chi connectivity index (χ1n) is 6.59. The van der Waals surface area contributed by atoms with Crippen molar-refractivity contribution in [3.8, 4) is 5.75 Å². The van der Waals surface area contributed by atoms with Crippen LogP contribution in [0.2, 0.25) is 0 Å². The Labute approximate surface area is 115 Å². The predicted octanol–water partition coefficient (Wildman–Crippen LogP) is 2.10. The fourth-order valence-electron chi connectivity index (χ4n) is 1.77. The van der Waals surface area contributed by atoms with Gasteiger partial charge in [-0.3, -0.25) is 4.79 Å². The molecule has 0 bridgehead atoms. The van der Waals surface area contributed by atoms with Crippen molar-refractivity contribution in [1.29, 1.82) is 0 Å². The van der Waals surface area contributed by atoms with Crippen molar-refractivity contribution in [2.45, 2.75) is 46.2 Å². The lowest BCUT2D eigenvalue weighted by Crippen LogP contribution is -2.41. The molecule has 0 spiro atoms. The topological polar surface area (TPSA) is 61.4 Å². The quantitative estimate of drug-likeness (QED) is 0.714. The van der Waals surface area contributed by atoms with Crippen molar-refractivity contribution in [3.63, 3.8) is 0 Å². The van der Waals surface area contributed by atoms with Crippen LogP contribution in [0.4, 0.5) is 0 Å². The molecule has 0 aliphatic heterocycles. The molecular formula is C15H24N2O2. The average molecular weight is 264 g/mol. The smallest absolute Gasteiger partial charge is 0.221 e. The third-order valence-electron chi connectivity index (χ3n) is 2.68. The number of carbonyl (C=O) groups excluding carboxylic acids is 1. The number of amides is 1. The highest BCUT2D eigenvalue weighted by Gasteiger charge is 2.12. The zero-order valence-electron chi connectivity index (χ0n) is 12.2. The number of phenolic OH excluding ortho intramolecular Hbond substituents is 1. The molecule has 0 aromatic heterocycles. The molecule has 3 N–H and O–H groups in total. The Morgan fingerprint density at radius 2 is 2.00 bits per heavy atom. The molecule has 19 heavy (non-hydrogen) atoms. The van der Waals surface area contributed by atoms with Crippen LogP contribution in [-0.4, -0.2) is 23.1 Å². The molecule has 0 saturated carbocycles. The van der Waals surface area contributed by atoms with Gasteiger partial charge in [0.05, 0.1) is 0 Å². The van der Waals surface area contributed by atoms with Gasteiger partial charge in [0.2, 0.25) is 5.91 Å². The molecule has 0 radical (unpaired) electrons. The molecule has 0 atom stereocenters. The van der Waals surface area contributed by atoms with Crippen LogP contribution in [0.1, 0.15) is 38.3 Å². The highest BCUT2D eigenvalue weighted by Crippen LogP contribution is 2.20. The summed E-state index contributed by atoms with van der Waals surface area (Å²) in [5, 5.41) is 15.9. The van der Waals surface area contributed by atoms with Crippen LogP contribution < -0.4 is 10.6 Å². The van der Waals surface area contributed by atoms with E-state index >= 15 is 0 Å². The number of hydrogen-bond donors (Lipinski definition) is 3. The van der Waals surface area contributed by atoms with Crippen LogP contribution in [0, 0.1) is 6.92 Å². The van der Waals surface area contributed by atoms with Crippen molar-refractivity contribution >= 4 is 5.91 Å². The first kappa shape index (κ1) is 15.5. The van der Waals surface area contributed by atoms with Gasteiger partial charge in [-0.05, 0) is 33.3 Å². The van der Waals surface area contributed by atoms with Gasteiger partial charge in [-0.2, -0.15) is 0 Å². The molecule has 0 fully saturated rings. The van der Waals surface area contributed by atoms with Crippen molar-refractivity contribution in [2.75, 3.05) is 6.54 Å². The molecule has 106 valence electrons. The van der Waals surface area contributed by atoms with Crippen molar-refractivity contribution in [1.82, 2.24) is 10.6 Å². The average Bonchev–Trinajstić information content (AvgIpc) is 2.27. The lowest BCUT2D eigenvalue weighted by Gasteiger charge is -2.20. The largest absolute Gasteiger partial charge is 0.507 e. The molecule has 4 nitrogen and oxygen atoms in total. The van der Waals surface area contributed by atoms with Gasteiger partial charge in [-0.1, -0.05) is 18.2 Å². The van der Waals surface area contributed by atoms with Crippen LogP contribution >= 0.6 is 0 Å². The third-order valence-corrected chi connectivity index (χ3v) is 2.68. The standard InChI is InChI=1S/C15H24N2O2/c1-11-6-5-7-12(14(11)19)10-16-9-8-13(18)17-15(2,3)4/h5-7,16,19H,8-10H2,1-4H3,(H,17,18). The summed E-state index contributed by atoms with van der Waals surface area (Å²) < 4.78 is 0. The van der Waals surface area contributed by atoms with E-state index in [1.807, 2.05) is 45.9 Å². The maximum Gasteiger partial charge on any atom is 0.221 e. The summed E-state index contributed by atoms with van der Waals surface area (Å²) in [7, 11) is 0. The number of benzene rings is 1. The fourth-order valence-corrected chi connectivity index (χ4v) is 1.77. The Bertz CT molecular complexity index is 436. The Balaban J connectivity index is 2.32. The Hall–Kier alpha value is -1.55. The number of para-hydroxylation sites is 1. The SMILES string of the molecule is Cc1cccc(CNCCC(=O)NC(C)(C)C)c1O. The van der Waals surface area contributed by atoms with Crippen molar-refractivity contribution in [2.24, 2.45) is 0 Å². The molecular weight excluding hydrogens is 240 g/mol. The van der Waals surface area contributed by atoms with E-state index in [9.17, 15) is 9.90 Å². The first-order chi connectivity index (χ1) is 8.79. The Morgan fingerprint density at radius 3 is 2.63 bits per heavy atom. The van der Waals surface area contributed by atoms with E-state index in [1.165, 1.54) is 0 Å².